The zero-order chi connectivity index (χ0) is 14.5. The summed E-state index contributed by atoms with van der Waals surface area (Å²) in [4.78, 5) is 0. The molecule has 0 spiro atoms. The summed E-state index contributed by atoms with van der Waals surface area (Å²) >= 11 is 0. The molecule has 106 valence electrons. The molecular formula is C17H21NO2. The van der Waals surface area contributed by atoms with E-state index in [0.717, 1.165) is 29.3 Å². The summed E-state index contributed by atoms with van der Waals surface area (Å²) < 4.78 is 10.6. The monoisotopic (exact) mass is 271 g/mol. The number of anilines is 1. The molecule has 0 fully saturated rings. The summed E-state index contributed by atoms with van der Waals surface area (Å²) in [6.45, 7) is 4.95. The van der Waals surface area contributed by atoms with Crippen molar-refractivity contribution < 1.29 is 9.47 Å². The van der Waals surface area contributed by atoms with Gasteiger partial charge in [-0.15, -0.1) is 0 Å². The molecule has 0 saturated carbocycles. The molecule has 0 aliphatic heterocycles. The van der Waals surface area contributed by atoms with Crippen LogP contribution in [0.1, 0.15) is 16.7 Å². The molecule has 0 saturated heterocycles. The van der Waals surface area contributed by atoms with Gasteiger partial charge in [0.25, 0.3) is 0 Å². The van der Waals surface area contributed by atoms with Crippen molar-refractivity contribution >= 4 is 5.69 Å². The molecule has 3 heteroatoms. The quantitative estimate of drug-likeness (QED) is 0.893. The van der Waals surface area contributed by atoms with Crippen molar-refractivity contribution in [1.82, 2.24) is 0 Å². The molecule has 1 N–H and O–H groups in total. The molecule has 0 unspecified atom stereocenters. The molecule has 0 aromatic heterocycles. The highest BCUT2D eigenvalue weighted by atomic mass is 16.5. The van der Waals surface area contributed by atoms with Crippen molar-refractivity contribution in [3.63, 3.8) is 0 Å². The largest absolute Gasteiger partial charge is 0.493 e. The van der Waals surface area contributed by atoms with Crippen molar-refractivity contribution in [2.45, 2.75) is 20.4 Å². The fourth-order valence-corrected chi connectivity index (χ4v) is 2.19. The van der Waals surface area contributed by atoms with E-state index in [2.05, 4.69) is 43.4 Å². The standard InChI is InChI=1S/C17H21NO2/c1-12-6-5-7-14(8-12)11-18-15-10-17(20-4)16(19-3)9-13(15)2/h5-10,18H,11H2,1-4H3. The average molecular weight is 271 g/mol. The second kappa shape index (κ2) is 6.33. The zero-order valence-electron chi connectivity index (χ0n) is 12.5. The van der Waals surface area contributed by atoms with Crippen molar-refractivity contribution in [2.75, 3.05) is 19.5 Å². The summed E-state index contributed by atoms with van der Waals surface area (Å²) in [6, 6.07) is 12.4. The van der Waals surface area contributed by atoms with Crippen LogP contribution in [0, 0.1) is 13.8 Å². The highest BCUT2D eigenvalue weighted by Crippen LogP contribution is 2.33. The lowest BCUT2D eigenvalue weighted by atomic mass is 10.1. The summed E-state index contributed by atoms with van der Waals surface area (Å²) in [5.41, 5.74) is 4.73. The third kappa shape index (κ3) is 3.23. The average Bonchev–Trinajstić information content (AvgIpc) is 2.45. The Bertz CT molecular complexity index is 594. The normalized spacial score (nSPS) is 10.2. The maximum absolute atomic E-state index is 5.34. The van der Waals surface area contributed by atoms with Crippen LogP contribution < -0.4 is 14.8 Å². The number of rotatable bonds is 5. The number of hydrogen-bond acceptors (Lipinski definition) is 3. The SMILES string of the molecule is COc1cc(C)c(NCc2cccc(C)c2)cc1OC. The van der Waals surface area contributed by atoms with E-state index in [1.165, 1.54) is 11.1 Å². The predicted molar refractivity (Wildman–Crippen MR) is 82.8 cm³/mol. The molecular weight excluding hydrogens is 250 g/mol. The molecule has 2 rings (SSSR count). The summed E-state index contributed by atoms with van der Waals surface area (Å²) in [6.07, 6.45) is 0. The predicted octanol–water partition coefficient (Wildman–Crippen LogP) is 3.93. The zero-order valence-corrected chi connectivity index (χ0v) is 12.5. The Labute approximate surface area is 120 Å². The van der Waals surface area contributed by atoms with Gasteiger partial charge in [-0.1, -0.05) is 29.8 Å². The molecule has 0 bridgehead atoms. The van der Waals surface area contributed by atoms with Crippen molar-refractivity contribution in [3.8, 4) is 11.5 Å². The van der Waals surface area contributed by atoms with Crippen LogP contribution in [-0.4, -0.2) is 14.2 Å². The van der Waals surface area contributed by atoms with E-state index in [1.807, 2.05) is 12.1 Å². The Morgan fingerprint density at radius 2 is 1.65 bits per heavy atom. The molecule has 0 radical (unpaired) electrons. The van der Waals surface area contributed by atoms with Gasteiger partial charge in [-0.3, -0.25) is 0 Å². The molecule has 0 atom stereocenters. The summed E-state index contributed by atoms with van der Waals surface area (Å²) in [5.74, 6) is 1.50. The Morgan fingerprint density at radius 3 is 2.30 bits per heavy atom. The first kappa shape index (κ1) is 14.3. The van der Waals surface area contributed by atoms with Gasteiger partial charge in [-0.2, -0.15) is 0 Å². The molecule has 2 aromatic carbocycles. The van der Waals surface area contributed by atoms with E-state index in [-0.39, 0.29) is 0 Å². The van der Waals surface area contributed by atoms with E-state index in [0.29, 0.717) is 0 Å². The van der Waals surface area contributed by atoms with Gasteiger partial charge in [0.05, 0.1) is 14.2 Å². The maximum atomic E-state index is 5.34. The lowest BCUT2D eigenvalue weighted by Gasteiger charge is -2.14. The smallest absolute Gasteiger partial charge is 0.162 e. The minimum absolute atomic E-state index is 0.741. The lowest BCUT2D eigenvalue weighted by Crippen LogP contribution is -2.02. The van der Waals surface area contributed by atoms with Crippen LogP contribution >= 0.6 is 0 Å². The molecule has 0 heterocycles. The van der Waals surface area contributed by atoms with E-state index in [4.69, 9.17) is 9.47 Å². The summed E-state index contributed by atoms with van der Waals surface area (Å²) in [7, 11) is 3.30. The van der Waals surface area contributed by atoms with Gasteiger partial charge in [-0.25, -0.2) is 0 Å². The van der Waals surface area contributed by atoms with E-state index in [9.17, 15) is 0 Å². The number of nitrogens with one attached hydrogen (secondary N) is 1. The minimum atomic E-state index is 0.741. The van der Waals surface area contributed by atoms with Gasteiger partial charge in [0.2, 0.25) is 0 Å². The van der Waals surface area contributed by atoms with Gasteiger partial charge < -0.3 is 14.8 Å². The molecule has 3 nitrogen and oxygen atoms in total. The fraction of sp³-hybridized carbons (Fsp3) is 0.294. The van der Waals surface area contributed by atoms with Gasteiger partial charge in [0.15, 0.2) is 11.5 Å². The van der Waals surface area contributed by atoms with Gasteiger partial charge in [0.1, 0.15) is 0 Å². The van der Waals surface area contributed by atoms with Crippen LogP contribution in [-0.2, 0) is 6.54 Å². The van der Waals surface area contributed by atoms with Gasteiger partial charge in [0, 0.05) is 18.3 Å². The van der Waals surface area contributed by atoms with Crippen molar-refractivity contribution in [1.29, 1.82) is 0 Å². The minimum Gasteiger partial charge on any atom is -0.493 e. The van der Waals surface area contributed by atoms with E-state index in [1.54, 1.807) is 14.2 Å². The third-order valence-electron chi connectivity index (χ3n) is 3.30. The first-order valence-corrected chi connectivity index (χ1v) is 6.66. The van der Waals surface area contributed by atoms with Gasteiger partial charge >= 0.3 is 0 Å². The second-order valence-electron chi connectivity index (χ2n) is 4.86. The number of benzene rings is 2. The topological polar surface area (TPSA) is 30.5 Å². The van der Waals surface area contributed by atoms with Crippen LogP contribution in [0.4, 0.5) is 5.69 Å². The molecule has 0 aliphatic carbocycles. The van der Waals surface area contributed by atoms with Crippen LogP contribution in [0.5, 0.6) is 11.5 Å². The van der Waals surface area contributed by atoms with Gasteiger partial charge in [-0.05, 0) is 31.0 Å². The molecule has 0 amide bonds. The molecule has 20 heavy (non-hydrogen) atoms. The van der Waals surface area contributed by atoms with Crippen LogP contribution in [0.25, 0.3) is 0 Å². The van der Waals surface area contributed by atoms with Crippen LogP contribution in [0.3, 0.4) is 0 Å². The number of ether oxygens (including phenoxy) is 2. The number of hydrogen-bond donors (Lipinski definition) is 1. The molecule has 0 aliphatic rings. The Kier molecular flexibility index (Phi) is 4.51. The van der Waals surface area contributed by atoms with Crippen molar-refractivity contribution in [3.05, 3.63) is 53.1 Å². The Morgan fingerprint density at radius 1 is 0.950 bits per heavy atom. The first-order chi connectivity index (χ1) is 9.63. The second-order valence-corrected chi connectivity index (χ2v) is 4.86. The Balaban J connectivity index is 2.17. The third-order valence-corrected chi connectivity index (χ3v) is 3.30. The highest BCUT2D eigenvalue weighted by molar-refractivity contribution is 5.60. The first-order valence-electron chi connectivity index (χ1n) is 6.66. The maximum Gasteiger partial charge on any atom is 0.162 e. The summed E-state index contributed by atoms with van der Waals surface area (Å²) in [5, 5.41) is 3.45. The highest BCUT2D eigenvalue weighted by Gasteiger charge is 2.08. The van der Waals surface area contributed by atoms with Crippen LogP contribution in [0.15, 0.2) is 36.4 Å². The number of aryl methyl sites for hydroxylation is 2. The fourth-order valence-electron chi connectivity index (χ4n) is 2.19. The van der Waals surface area contributed by atoms with Crippen molar-refractivity contribution in [2.24, 2.45) is 0 Å². The number of methoxy groups -OCH3 is 2. The van der Waals surface area contributed by atoms with E-state index >= 15 is 0 Å². The Hall–Kier alpha value is -2.16. The van der Waals surface area contributed by atoms with Crippen LogP contribution in [0.2, 0.25) is 0 Å². The molecule has 2 aromatic rings. The lowest BCUT2D eigenvalue weighted by molar-refractivity contribution is 0.355. The van der Waals surface area contributed by atoms with E-state index < -0.39 is 0 Å².